The number of rotatable bonds is 6. The maximum Gasteiger partial charge on any atom is 0.0988 e. The van der Waals surface area contributed by atoms with E-state index in [0.717, 1.165) is 24.4 Å². The SMILES string of the molecule is C1CCCCC(COC(=C(C2CCCCCCCCC2)C2CCCCCCCCC2)C2CCCCCCCCC2)CCCC1. The van der Waals surface area contributed by atoms with Gasteiger partial charge in [0.25, 0.3) is 0 Å². The fourth-order valence-electron chi connectivity index (χ4n) is 9.75. The normalized spacial score (nSPS) is 25.8. The summed E-state index contributed by atoms with van der Waals surface area (Å²) in [5.41, 5.74) is 1.94. The Morgan fingerprint density at radius 3 is 0.864 bits per heavy atom. The second kappa shape index (κ2) is 23.8. The minimum atomic E-state index is 0.702. The predicted octanol–water partition coefficient (Wildman–Crippen LogP) is 14.8. The third kappa shape index (κ3) is 14.5. The summed E-state index contributed by atoms with van der Waals surface area (Å²) in [6.45, 7) is 1.04. The molecule has 44 heavy (non-hydrogen) atoms. The molecule has 4 saturated carbocycles. The molecule has 4 aliphatic rings. The lowest BCUT2D eigenvalue weighted by Crippen LogP contribution is -2.24. The summed E-state index contributed by atoms with van der Waals surface area (Å²) in [4.78, 5) is 0. The molecule has 0 aromatic carbocycles. The molecular formula is C43H78O. The van der Waals surface area contributed by atoms with Gasteiger partial charge in [0.2, 0.25) is 0 Å². The topological polar surface area (TPSA) is 9.23 Å². The van der Waals surface area contributed by atoms with Gasteiger partial charge in [-0.2, -0.15) is 0 Å². The average Bonchev–Trinajstić information content (AvgIpc) is 3.06. The smallest absolute Gasteiger partial charge is 0.0988 e. The Kier molecular flexibility index (Phi) is 19.7. The molecule has 0 N–H and O–H groups in total. The van der Waals surface area contributed by atoms with E-state index in [1.807, 2.05) is 5.57 Å². The molecule has 0 spiro atoms. The van der Waals surface area contributed by atoms with Gasteiger partial charge in [0.1, 0.15) is 0 Å². The molecule has 0 atom stereocenters. The molecule has 1 heteroatoms. The first-order valence-electron chi connectivity index (χ1n) is 21.3. The first kappa shape index (κ1) is 36.4. The molecule has 0 aromatic heterocycles. The zero-order valence-corrected chi connectivity index (χ0v) is 29.9. The van der Waals surface area contributed by atoms with Gasteiger partial charge in [0.15, 0.2) is 0 Å². The Labute approximate surface area is 276 Å². The second-order valence-corrected chi connectivity index (χ2v) is 16.3. The minimum absolute atomic E-state index is 0.702. The fourth-order valence-corrected chi connectivity index (χ4v) is 9.75. The molecule has 0 amide bonds. The zero-order valence-electron chi connectivity index (χ0n) is 29.9. The van der Waals surface area contributed by atoms with Gasteiger partial charge in [0, 0.05) is 5.92 Å². The lowest BCUT2D eigenvalue weighted by molar-refractivity contribution is 0.110. The summed E-state index contributed by atoms with van der Waals surface area (Å²) in [5.74, 6) is 4.73. The second-order valence-electron chi connectivity index (χ2n) is 16.3. The molecule has 1 nitrogen and oxygen atoms in total. The van der Waals surface area contributed by atoms with E-state index >= 15 is 0 Å². The largest absolute Gasteiger partial charge is 0.497 e. The molecule has 0 heterocycles. The van der Waals surface area contributed by atoms with E-state index < -0.39 is 0 Å². The highest BCUT2D eigenvalue weighted by Crippen LogP contribution is 2.43. The first-order valence-corrected chi connectivity index (χ1v) is 21.3. The van der Waals surface area contributed by atoms with Crippen molar-refractivity contribution in [1.29, 1.82) is 0 Å². The lowest BCUT2D eigenvalue weighted by Gasteiger charge is -2.35. The summed E-state index contributed by atoms with van der Waals surface area (Å²) in [6, 6.07) is 0. The van der Waals surface area contributed by atoms with Crippen LogP contribution in [0.25, 0.3) is 0 Å². The monoisotopic (exact) mass is 611 g/mol. The summed E-state index contributed by atoms with van der Waals surface area (Å²) in [6.07, 6.45) is 52.4. The van der Waals surface area contributed by atoms with E-state index in [-0.39, 0.29) is 0 Å². The molecule has 256 valence electrons. The average molecular weight is 611 g/mol. The Morgan fingerprint density at radius 1 is 0.295 bits per heavy atom. The van der Waals surface area contributed by atoms with E-state index in [1.54, 1.807) is 5.76 Å². The van der Waals surface area contributed by atoms with Crippen LogP contribution < -0.4 is 0 Å². The Bertz CT molecular complexity index is 654. The molecule has 4 rings (SSSR count). The van der Waals surface area contributed by atoms with Crippen LogP contribution in [0, 0.1) is 23.7 Å². The fraction of sp³-hybridized carbons (Fsp3) is 0.953. The van der Waals surface area contributed by atoms with E-state index in [1.165, 1.54) is 231 Å². The summed E-state index contributed by atoms with van der Waals surface area (Å²) in [5, 5.41) is 0. The van der Waals surface area contributed by atoms with Gasteiger partial charge in [-0.15, -0.1) is 0 Å². The molecule has 0 bridgehead atoms. The first-order chi connectivity index (χ1) is 21.9. The Morgan fingerprint density at radius 2 is 0.545 bits per heavy atom. The molecule has 0 unspecified atom stereocenters. The van der Waals surface area contributed by atoms with Crippen molar-refractivity contribution >= 4 is 0 Å². The van der Waals surface area contributed by atoms with Crippen molar-refractivity contribution in [3.05, 3.63) is 11.3 Å². The van der Waals surface area contributed by atoms with E-state index in [0.29, 0.717) is 5.92 Å². The van der Waals surface area contributed by atoms with Crippen molar-refractivity contribution in [3.63, 3.8) is 0 Å². The molecule has 4 aliphatic carbocycles. The molecule has 0 aliphatic heterocycles. The van der Waals surface area contributed by atoms with Crippen LogP contribution in [-0.2, 0) is 4.74 Å². The highest BCUT2D eigenvalue weighted by molar-refractivity contribution is 5.19. The van der Waals surface area contributed by atoms with Crippen molar-refractivity contribution in [3.8, 4) is 0 Å². The summed E-state index contributed by atoms with van der Waals surface area (Å²) in [7, 11) is 0. The maximum absolute atomic E-state index is 7.56. The zero-order chi connectivity index (χ0) is 30.3. The molecule has 0 saturated heterocycles. The third-order valence-electron chi connectivity index (χ3n) is 12.5. The van der Waals surface area contributed by atoms with Gasteiger partial charge in [-0.1, -0.05) is 180 Å². The van der Waals surface area contributed by atoms with Crippen LogP contribution in [0.15, 0.2) is 11.3 Å². The van der Waals surface area contributed by atoms with Crippen LogP contribution in [0.3, 0.4) is 0 Å². The van der Waals surface area contributed by atoms with Gasteiger partial charge in [-0.3, -0.25) is 0 Å². The van der Waals surface area contributed by atoms with Gasteiger partial charge >= 0.3 is 0 Å². The van der Waals surface area contributed by atoms with Crippen molar-refractivity contribution in [2.24, 2.45) is 23.7 Å². The molecule has 4 fully saturated rings. The lowest BCUT2D eigenvalue weighted by atomic mass is 9.73. The minimum Gasteiger partial charge on any atom is -0.497 e. The summed E-state index contributed by atoms with van der Waals surface area (Å²) >= 11 is 0. The maximum atomic E-state index is 7.56. The number of hydrogen-bond acceptors (Lipinski definition) is 1. The van der Waals surface area contributed by atoms with Gasteiger partial charge < -0.3 is 4.74 Å². The Hall–Kier alpha value is -0.460. The highest BCUT2D eigenvalue weighted by atomic mass is 16.5. The van der Waals surface area contributed by atoms with Crippen LogP contribution in [-0.4, -0.2) is 6.61 Å². The third-order valence-corrected chi connectivity index (χ3v) is 12.5. The van der Waals surface area contributed by atoms with Crippen LogP contribution in [0.4, 0.5) is 0 Å². The van der Waals surface area contributed by atoms with Crippen molar-refractivity contribution < 1.29 is 4.74 Å². The van der Waals surface area contributed by atoms with Gasteiger partial charge in [-0.05, 0) is 74.7 Å². The van der Waals surface area contributed by atoms with Gasteiger partial charge in [0.05, 0.1) is 12.4 Å². The van der Waals surface area contributed by atoms with E-state index in [4.69, 9.17) is 4.74 Å². The van der Waals surface area contributed by atoms with Crippen LogP contribution in [0.5, 0.6) is 0 Å². The quantitative estimate of drug-likeness (QED) is 0.272. The van der Waals surface area contributed by atoms with E-state index in [2.05, 4.69) is 0 Å². The highest BCUT2D eigenvalue weighted by Gasteiger charge is 2.31. The number of ether oxygens (including phenoxy) is 1. The predicted molar refractivity (Wildman–Crippen MR) is 193 cm³/mol. The molecule has 0 radical (unpaired) electrons. The van der Waals surface area contributed by atoms with Crippen LogP contribution >= 0.6 is 0 Å². The number of allylic oxidation sites excluding steroid dienone is 2. The molecule has 0 aromatic rings. The summed E-state index contributed by atoms with van der Waals surface area (Å²) < 4.78 is 7.56. The van der Waals surface area contributed by atoms with Crippen molar-refractivity contribution in [2.75, 3.05) is 6.61 Å². The van der Waals surface area contributed by atoms with Crippen LogP contribution in [0.2, 0.25) is 0 Å². The van der Waals surface area contributed by atoms with Crippen molar-refractivity contribution in [2.45, 2.75) is 231 Å². The molecular weight excluding hydrogens is 532 g/mol. The van der Waals surface area contributed by atoms with Crippen molar-refractivity contribution in [1.82, 2.24) is 0 Å². The van der Waals surface area contributed by atoms with E-state index in [9.17, 15) is 0 Å². The van der Waals surface area contributed by atoms with Crippen LogP contribution in [0.1, 0.15) is 231 Å². The Balaban J connectivity index is 1.67. The standard InChI is InChI=1S/C43H78O/c1-5-13-21-29-38(30-22-14-6-1)37-44-43(41-35-27-19-11-4-12-20-28-36-41)42(39-31-23-15-7-2-8-16-24-32-39)40-33-25-17-9-3-10-18-26-34-40/h38-41H,1-37H2. The number of hydrogen-bond donors (Lipinski definition) is 0. The van der Waals surface area contributed by atoms with Gasteiger partial charge in [-0.25, -0.2) is 0 Å².